The van der Waals surface area contributed by atoms with Crippen molar-refractivity contribution < 1.29 is 14.3 Å². The number of hydrogen-bond donors (Lipinski definition) is 2. The summed E-state index contributed by atoms with van der Waals surface area (Å²) in [5.41, 5.74) is 2.91. The van der Waals surface area contributed by atoms with Gasteiger partial charge in [0.25, 0.3) is 5.91 Å². The topological polar surface area (TPSA) is 67.4 Å². The normalized spacial score (nSPS) is 10.2. The van der Waals surface area contributed by atoms with Gasteiger partial charge in [-0.15, -0.1) is 0 Å². The van der Waals surface area contributed by atoms with Crippen molar-refractivity contribution in [2.75, 3.05) is 10.6 Å². The van der Waals surface area contributed by atoms with Crippen molar-refractivity contribution in [3.63, 3.8) is 0 Å². The first-order valence-corrected chi connectivity index (χ1v) is 9.12. The van der Waals surface area contributed by atoms with E-state index in [2.05, 4.69) is 10.6 Å². The van der Waals surface area contributed by atoms with E-state index < -0.39 is 0 Å². The van der Waals surface area contributed by atoms with Gasteiger partial charge in [0.1, 0.15) is 12.4 Å². The molecule has 0 bridgehead atoms. The molecule has 0 heterocycles. The maximum atomic E-state index is 12.5. The lowest BCUT2D eigenvalue weighted by atomic mass is 10.2. The molecule has 0 aliphatic carbocycles. The molecule has 0 unspecified atom stereocenters. The zero-order valence-corrected chi connectivity index (χ0v) is 15.6. The molecule has 0 saturated carbocycles. The summed E-state index contributed by atoms with van der Waals surface area (Å²) in [5.74, 6) is 0.355. The molecule has 0 aliphatic rings. The first-order chi connectivity index (χ1) is 13.6. The maximum absolute atomic E-state index is 12.5. The predicted molar refractivity (Wildman–Crippen MR) is 111 cm³/mol. The third-order valence-electron chi connectivity index (χ3n) is 4.09. The number of anilines is 2. The maximum Gasteiger partial charge on any atom is 0.255 e. The van der Waals surface area contributed by atoms with E-state index in [9.17, 15) is 9.59 Å². The molecule has 3 aromatic carbocycles. The molecule has 0 radical (unpaired) electrons. The van der Waals surface area contributed by atoms with Crippen LogP contribution in [0.15, 0.2) is 78.9 Å². The van der Waals surface area contributed by atoms with E-state index in [1.165, 1.54) is 0 Å². The van der Waals surface area contributed by atoms with E-state index in [4.69, 9.17) is 4.74 Å². The third-order valence-corrected chi connectivity index (χ3v) is 4.09. The van der Waals surface area contributed by atoms with Crippen molar-refractivity contribution >= 4 is 23.2 Å². The second kappa shape index (κ2) is 9.37. The molecule has 142 valence electrons. The number of rotatable bonds is 7. The summed E-state index contributed by atoms with van der Waals surface area (Å²) < 4.78 is 5.78. The van der Waals surface area contributed by atoms with Crippen molar-refractivity contribution in [3.05, 3.63) is 90.0 Å². The highest BCUT2D eigenvalue weighted by molar-refractivity contribution is 6.04. The molecular weight excluding hydrogens is 352 g/mol. The summed E-state index contributed by atoms with van der Waals surface area (Å²) >= 11 is 0. The third kappa shape index (κ3) is 5.45. The Bertz CT molecular complexity index is 938. The van der Waals surface area contributed by atoms with Crippen LogP contribution in [0.1, 0.15) is 29.3 Å². The van der Waals surface area contributed by atoms with Crippen LogP contribution < -0.4 is 15.4 Å². The fourth-order valence-corrected chi connectivity index (χ4v) is 2.56. The van der Waals surface area contributed by atoms with Gasteiger partial charge in [0.05, 0.1) is 0 Å². The second-order valence-electron chi connectivity index (χ2n) is 6.24. The van der Waals surface area contributed by atoms with Crippen LogP contribution in [-0.2, 0) is 11.4 Å². The number of benzene rings is 3. The minimum absolute atomic E-state index is 0.0518. The van der Waals surface area contributed by atoms with E-state index >= 15 is 0 Å². The lowest BCUT2D eigenvalue weighted by Crippen LogP contribution is -2.12. The lowest BCUT2D eigenvalue weighted by Gasteiger charge is -2.10. The van der Waals surface area contributed by atoms with Crippen molar-refractivity contribution in [1.82, 2.24) is 0 Å². The van der Waals surface area contributed by atoms with Gasteiger partial charge in [0, 0.05) is 23.4 Å². The van der Waals surface area contributed by atoms with Crippen molar-refractivity contribution in [3.8, 4) is 5.75 Å². The van der Waals surface area contributed by atoms with Crippen LogP contribution in [0, 0.1) is 0 Å². The largest absolute Gasteiger partial charge is 0.489 e. The van der Waals surface area contributed by atoms with Gasteiger partial charge in [-0.2, -0.15) is 0 Å². The van der Waals surface area contributed by atoms with Gasteiger partial charge in [-0.25, -0.2) is 0 Å². The van der Waals surface area contributed by atoms with E-state index in [0.29, 0.717) is 35.7 Å². The molecule has 5 heteroatoms. The first kappa shape index (κ1) is 19.2. The van der Waals surface area contributed by atoms with Crippen molar-refractivity contribution in [2.45, 2.75) is 20.0 Å². The Labute approximate surface area is 164 Å². The summed E-state index contributed by atoms with van der Waals surface area (Å²) in [6, 6.07) is 23.9. The molecule has 3 aromatic rings. The number of ether oxygens (including phenoxy) is 1. The van der Waals surface area contributed by atoms with E-state index in [1.54, 1.807) is 49.4 Å². The minimum atomic E-state index is -0.226. The predicted octanol–water partition coefficient (Wildman–Crippen LogP) is 4.87. The second-order valence-corrected chi connectivity index (χ2v) is 6.24. The molecule has 0 spiro atoms. The molecule has 2 N–H and O–H groups in total. The Hall–Kier alpha value is -3.60. The Morgan fingerprint density at radius 2 is 1.50 bits per heavy atom. The number of hydrogen-bond acceptors (Lipinski definition) is 3. The standard InChI is InChI=1S/C23H22N2O3/c1-2-22(26)24-19-11-13-20(14-12-19)25-23(27)18-9-6-10-21(15-18)28-16-17-7-4-3-5-8-17/h3-15H,2,16H2,1H3,(H,24,26)(H,25,27). The molecule has 3 rings (SSSR count). The monoisotopic (exact) mass is 374 g/mol. The number of carbonyl (C=O) groups is 2. The SMILES string of the molecule is CCC(=O)Nc1ccc(NC(=O)c2cccc(OCc3ccccc3)c2)cc1. The van der Waals surface area contributed by atoms with Gasteiger partial charge in [0.15, 0.2) is 0 Å². The molecular formula is C23H22N2O3. The summed E-state index contributed by atoms with van der Waals surface area (Å²) in [6.07, 6.45) is 0.418. The molecule has 28 heavy (non-hydrogen) atoms. The number of carbonyl (C=O) groups excluding carboxylic acids is 2. The molecule has 0 aliphatic heterocycles. The zero-order chi connectivity index (χ0) is 19.8. The van der Waals surface area contributed by atoms with Gasteiger partial charge in [-0.1, -0.05) is 43.3 Å². The van der Waals surface area contributed by atoms with E-state index in [-0.39, 0.29) is 11.8 Å². The molecule has 0 saturated heterocycles. The Kier molecular flexibility index (Phi) is 6.41. The van der Waals surface area contributed by atoms with Gasteiger partial charge in [0.2, 0.25) is 5.91 Å². The van der Waals surface area contributed by atoms with Crippen LogP contribution in [0.2, 0.25) is 0 Å². The van der Waals surface area contributed by atoms with Crippen LogP contribution in [0.5, 0.6) is 5.75 Å². The highest BCUT2D eigenvalue weighted by Gasteiger charge is 2.08. The van der Waals surface area contributed by atoms with Crippen molar-refractivity contribution in [1.29, 1.82) is 0 Å². The highest BCUT2D eigenvalue weighted by atomic mass is 16.5. The molecule has 0 fully saturated rings. The first-order valence-electron chi connectivity index (χ1n) is 9.12. The quantitative estimate of drug-likeness (QED) is 0.620. The van der Waals surface area contributed by atoms with Gasteiger partial charge >= 0.3 is 0 Å². The fourth-order valence-electron chi connectivity index (χ4n) is 2.56. The average molecular weight is 374 g/mol. The Morgan fingerprint density at radius 1 is 0.821 bits per heavy atom. The van der Waals surface area contributed by atoms with Crippen LogP contribution in [0.4, 0.5) is 11.4 Å². The molecule has 5 nitrogen and oxygen atoms in total. The smallest absolute Gasteiger partial charge is 0.255 e. The van der Waals surface area contributed by atoms with Crippen LogP contribution >= 0.6 is 0 Å². The van der Waals surface area contributed by atoms with Crippen molar-refractivity contribution in [2.24, 2.45) is 0 Å². The summed E-state index contributed by atoms with van der Waals surface area (Å²) in [4.78, 5) is 23.9. The summed E-state index contributed by atoms with van der Waals surface area (Å²) in [5, 5.41) is 5.62. The van der Waals surface area contributed by atoms with E-state index in [1.807, 2.05) is 36.4 Å². The van der Waals surface area contributed by atoms with Crippen LogP contribution in [0.25, 0.3) is 0 Å². The minimum Gasteiger partial charge on any atom is -0.489 e. The number of nitrogens with one attached hydrogen (secondary N) is 2. The van der Waals surface area contributed by atoms with Gasteiger partial charge in [-0.3, -0.25) is 9.59 Å². The van der Waals surface area contributed by atoms with Crippen LogP contribution in [0.3, 0.4) is 0 Å². The highest BCUT2D eigenvalue weighted by Crippen LogP contribution is 2.18. The fraction of sp³-hybridized carbons (Fsp3) is 0.130. The number of amides is 2. The molecule has 2 amide bonds. The van der Waals surface area contributed by atoms with Gasteiger partial charge < -0.3 is 15.4 Å². The summed E-state index contributed by atoms with van der Waals surface area (Å²) in [6.45, 7) is 2.23. The molecule has 0 aromatic heterocycles. The Balaban J connectivity index is 1.60. The van der Waals surface area contributed by atoms with Gasteiger partial charge in [-0.05, 0) is 48.0 Å². The Morgan fingerprint density at radius 3 is 2.18 bits per heavy atom. The average Bonchev–Trinajstić information content (AvgIpc) is 2.74. The van der Waals surface area contributed by atoms with E-state index in [0.717, 1.165) is 5.56 Å². The molecule has 0 atom stereocenters. The van der Waals surface area contributed by atoms with Crippen LogP contribution in [-0.4, -0.2) is 11.8 Å². The zero-order valence-electron chi connectivity index (χ0n) is 15.6. The summed E-state index contributed by atoms with van der Waals surface area (Å²) in [7, 11) is 0. The lowest BCUT2D eigenvalue weighted by molar-refractivity contribution is -0.115.